The number of benzene rings is 2. The fourth-order valence-electron chi connectivity index (χ4n) is 2.85. The zero-order valence-corrected chi connectivity index (χ0v) is 18.8. The van der Waals surface area contributed by atoms with E-state index in [-0.39, 0.29) is 24.1 Å². The van der Waals surface area contributed by atoms with E-state index in [4.69, 9.17) is 0 Å². The van der Waals surface area contributed by atoms with E-state index in [1.54, 1.807) is 59.2 Å². The van der Waals surface area contributed by atoms with Crippen molar-refractivity contribution in [3.63, 3.8) is 0 Å². The number of esters is 1. The van der Waals surface area contributed by atoms with Gasteiger partial charge < -0.3 is 19.9 Å². The number of methoxy groups -OCH3 is 1. The first-order valence-electron chi connectivity index (χ1n) is 9.99. The second-order valence-corrected chi connectivity index (χ2v) is 7.70. The van der Waals surface area contributed by atoms with Crippen LogP contribution in [0.1, 0.15) is 26.5 Å². The number of hydrogen-bond donors (Lipinski definition) is 2. The zero-order chi connectivity index (χ0) is 23.6. The van der Waals surface area contributed by atoms with Gasteiger partial charge in [0.25, 0.3) is 5.91 Å². The Labute approximate surface area is 195 Å². The van der Waals surface area contributed by atoms with Crippen LogP contribution in [-0.4, -0.2) is 45.4 Å². The van der Waals surface area contributed by atoms with E-state index >= 15 is 0 Å². The van der Waals surface area contributed by atoms with Crippen molar-refractivity contribution in [1.29, 1.82) is 0 Å². The predicted molar refractivity (Wildman–Crippen MR) is 125 cm³/mol. The molecule has 0 aliphatic carbocycles. The van der Waals surface area contributed by atoms with Crippen LogP contribution in [0.15, 0.2) is 72.4 Å². The second kappa shape index (κ2) is 11.6. The number of ether oxygens (including phenoxy) is 1. The topological polar surface area (TPSA) is 115 Å². The van der Waals surface area contributed by atoms with Crippen LogP contribution in [0.2, 0.25) is 0 Å². The summed E-state index contributed by atoms with van der Waals surface area (Å²) in [5.74, 6) is -0.237. The SMILES string of the molecule is C=CCn1c(CNC(=O)c2ccccc2)nnc1SCC(=O)Nc1ccc(C(=O)OC)cc1. The van der Waals surface area contributed by atoms with E-state index in [1.807, 2.05) is 6.07 Å². The monoisotopic (exact) mass is 465 g/mol. The highest BCUT2D eigenvalue weighted by atomic mass is 32.2. The van der Waals surface area contributed by atoms with Gasteiger partial charge in [-0.05, 0) is 36.4 Å². The fraction of sp³-hybridized carbons (Fsp3) is 0.174. The molecule has 170 valence electrons. The molecule has 0 saturated heterocycles. The third-order valence-electron chi connectivity index (χ3n) is 4.47. The smallest absolute Gasteiger partial charge is 0.337 e. The molecule has 0 spiro atoms. The molecule has 2 N–H and O–H groups in total. The largest absolute Gasteiger partial charge is 0.465 e. The molecule has 0 bridgehead atoms. The number of hydrogen-bond acceptors (Lipinski definition) is 7. The average Bonchev–Trinajstić information content (AvgIpc) is 3.23. The van der Waals surface area contributed by atoms with Crippen molar-refractivity contribution in [1.82, 2.24) is 20.1 Å². The van der Waals surface area contributed by atoms with Crippen molar-refractivity contribution >= 4 is 35.2 Å². The van der Waals surface area contributed by atoms with Gasteiger partial charge >= 0.3 is 5.97 Å². The lowest BCUT2D eigenvalue weighted by Crippen LogP contribution is -2.24. The summed E-state index contributed by atoms with van der Waals surface area (Å²) >= 11 is 1.22. The Balaban J connectivity index is 1.57. The van der Waals surface area contributed by atoms with Gasteiger partial charge in [-0.3, -0.25) is 9.59 Å². The number of rotatable bonds is 10. The molecule has 33 heavy (non-hydrogen) atoms. The average molecular weight is 466 g/mol. The summed E-state index contributed by atoms with van der Waals surface area (Å²) < 4.78 is 6.45. The van der Waals surface area contributed by atoms with Gasteiger partial charge in [0.05, 0.1) is 25.0 Å². The summed E-state index contributed by atoms with van der Waals surface area (Å²) in [6, 6.07) is 15.3. The maximum Gasteiger partial charge on any atom is 0.337 e. The van der Waals surface area contributed by atoms with Crippen LogP contribution in [0.4, 0.5) is 5.69 Å². The van der Waals surface area contributed by atoms with Gasteiger partial charge in [-0.2, -0.15) is 0 Å². The number of aromatic nitrogens is 3. The molecule has 0 aliphatic heterocycles. The summed E-state index contributed by atoms with van der Waals surface area (Å²) in [4.78, 5) is 36.1. The van der Waals surface area contributed by atoms with Crippen molar-refractivity contribution in [2.24, 2.45) is 0 Å². The maximum absolute atomic E-state index is 12.4. The van der Waals surface area contributed by atoms with E-state index in [0.29, 0.717) is 34.3 Å². The third kappa shape index (κ3) is 6.53. The molecule has 0 saturated carbocycles. The summed E-state index contributed by atoms with van der Waals surface area (Å²) in [5.41, 5.74) is 1.51. The maximum atomic E-state index is 12.4. The standard InChI is InChI=1S/C23H23N5O4S/c1-3-13-28-19(14-24-21(30)16-7-5-4-6-8-16)26-27-23(28)33-15-20(29)25-18-11-9-17(10-12-18)22(31)32-2/h3-12H,1,13-15H2,2H3,(H,24,30)(H,25,29). The molecule has 2 amide bonds. The number of nitrogens with one attached hydrogen (secondary N) is 2. The lowest BCUT2D eigenvalue weighted by molar-refractivity contribution is -0.113. The van der Waals surface area contributed by atoms with Crippen LogP contribution in [0.5, 0.6) is 0 Å². The summed E-state index contributed by atoms with van der Waals surface area (Å²) in [6.07, 6.45) is 1.69. The Morgan fingerprint density at radius 1 is 1.06 bits per heavy atom. The van der Waals surface area contributed by atoms with Gasteiger partial charge in [-0.1, -0.05) is 36.0 Å². The lowest BCUT2D eigenvalue weighted by Gasteiger charge is -2.09. The minimum atomic E-state index is -0.444. The molecule has 3 aromatic rings. The number of carbonyl (C=O) groups is 3. The molecule has 0 atom stereocenters. The molecule has 1 aromatic heterocycles. The zero-order valence-electron chi connectivity index (χ0n) is 18.0. The van der Waals surface area contributed by atoms with Gasteiger partial charge in [0, 0.05) is 17.8 Å². The summed E-state index contributed by atoms with van der Waals surface area (Å²) in [5, 5.41) is 14.4. The first-order chi connectivity index (χ1) is 16.0. The number of amides is 2. The van der Waals surface area contributed by atoms with Crippen molar-refractivity contribution in [3.8, 4) is 0 Å². The van der Waals surface area contributed by atoms with Crippen molar-refractivity contribution in [2.75, 3.05) is 18.2 Å². The van der Waals surface area contributed by atoms with Crippen molar-refractivity contribution < 1.29 is 19.1 Å². The van der Waals surface area contributed by atoms with Gasteiger partial charge in [0.1, 0.15) is 0 Å². The van der Waals surface area contributed by atoms with Crippen molar-refractivity contribution in [3.05, 3.63) is 84.2 Å². The van der Waals surface area contributed by atoms with Gasteiger partial charge in [-0.15, -0.1) is 16.8 Å². The van der Waals surface area contributed by atoms with Crippen LogP contribution in [0, 0.1) is 0 Å². The third-order valence-corrected chi connectivity index (χ3v) is 5.44. The van der Waals surface area contributed by atoms with E-state index < -0.39 is 5.97 Å². The van der Waals surface area contributed by atoms with Gasteiger partial charge in [0.2, 0.25) is 5.91 Å². The van der Waals surface area contributed by atoms with Crippen molar-refractivity contribution in [2.45, 2.75) is 18.2 Å². The van der Waals surface area contributed by atoms with E-state index in [1.165, 1.54) is 18.9 Å². The predicted octanol–water partition coefficient (Wildman–Crippen LogP) is 2.91. The number of anilines is 1. The summed E-state index contributed by atoms with van der Waals surface area (Å²) in [6.45, 7) is 4.37. The molecule has 0 radical (unpaired) electrons. The minimum absolute atomic E-state index is 0.102. The normalized spacial score (nSPS) is 10.3. The highest BCUT2D eigenvalue weighted by Crippen LogP contribution is 2.18. The number of thioether (sulfide) groups is 1. The van der Waals surface area contributed by atoms with Gasteiger partial charge in [0.15, 0.2) is 11.0 Å². The number of carbonyl (C=O) groups excluding carboxylic acids is 3. The second-order valence-electron chi connectivity index (χ2n) is 6.75. The molecule has 0 fully saturated rings. The Morgan fingerprint density at radius 2 is 1.79 bits per heavy atom. The van der Waals surface area contributed by atoms with Crippen LogP contribution in [0.3, 0.4) is 0 Å². The molecule has 10 heteroatoms. The van der Waals surface area contributed by atoms with Crippen LogP contribution in [0.25, 0.3) is 0 Å². The van der Waals surface area contributed by atoms with Crippen LogP contribution in [-0.2, 0) is 22.6 Å². The van der Waals surface area contributed by atoms with Crippen LogP contribution < -0.4 is 10.6 Å². The fourth-order valence-corrected chi connectivity index (χ4v) is 3.62. The van der Waals surface area contributed by atoms with Crippen LogP contribution >= 0.6 is 11.8 Å². The minimum Gasteiger partial charge on any atom is -0.465 e. The first kappa shape index (κ1) is 23.7. The molecule has 1 heterocycles. The molecular formula is C23H23N5O4S. The Bertz CT molecular complexity index is 1130. The Morgan fingerprint density at radius 3 is 2.45 bits per heavy atom. The highest BCUT2D eigenvalue weighted by Gasteiger charge is 2.15. The molecule has 9 nitrogen and oxygen atoms in total. The molecule has 3 rings (SSSR count). The molecule has 2 aromatic carbocycles. The lowest BCUT2D eigenvalue weighted by atomic mass is 10.2. The quantitative estimate of drug-likeness (QED) is 0.269. The summed E-state index contributed by atoms with van der Waals surface area (Å²) in [7, 11) is 1.31. The Hall–Kier alpha value is -3.92. The number of nitrogens with zero attached hydrogens (tertiary/aromatic N) is 3. The van der Waals surface area contributed by atoms with Gasteiger partial charge in [-0.25, -0.2) is 4.79 Å². The number of allylic oxidation sites excluding steroid dienone is 1. The van der Waals surface area contributed by atoms with E-state index in [2.05, 4.69) is 32.1 Å². The molecule has 0 aliphatic rings. The van der Waals surface area contributed by atoms with E-state index in [9.17, 15) is 14.4 Å². The highest BCUT2D eigenvalue weighted by molar-refractivity contribution is 7.99. The molecule has 0 unspecified atom stereocenters. The molecular weight excluding hydrogens is 442 g/mol. The Kier molecular flexibility index (Phi) is 8.36. The van der Waals surface area contributed by atoms with E-state index in [0.717, 1.165) is 0 Å². The first-order valence-corrected chi connectivity index (χ1v) is 11.0.